The minimum absolute atomic E-state index is 0.905. The van der Waals surface area contributed by atoms with E-state index >= 15 is 0 Å². The van der Waals surface area contributed by atoms with E-state index in [1.807, 2.05) is 19.2 Å². The largest absolute Gasteiger partial charge is 0.497 e. The van der Waals surface area contributed by atoms with Gasteiger partial charge in [0.05, 0.1) is 32.8 Å². The van der Waals surface area contributed by atoms with E-state index < -0.39 is 0 Å². The predicted molar refractivity (Wildman–Crippen MR) is 94.8 cm³/mol. The Bertz CT molecular complexity index is 655. The van der Waals surface area contributed by atoms with Gasteiger partial charge < -0.3 is 9.64 Å². The number of nitrogens with one attached hydrogen (secondary N) is 1. The topological polar surface area (TPSA) is 27.5 Å². The van der Waals surface area contributed by atoms with Crippen LogP contribution in [0.3, 0.4) is 0 Å². The molecule has 1 N–H and O–H groups in total. The number of hydrogen-bond acceptors (Lipinski definition) is 2. The molecule has 1 aliphatic heterocycles. The Kier molecular flexibility index (Phi) is 4.81. The summed E-state index contributed by atoms with van der Waals surface area (Å²) in [4.78, 5) is 2.42. The maximum Gasteiger partial charge on any atom is 0.276 e. The number of ether oxygens (including phenoxy) is 1. The fraction of sp³-hybridized carbons (Fsp3) is 0.316. The number of amidine groups is 1. The van der Waals surface area contributed by atoms with Gasteiger partial charge in [-0.05, 0) is 36.4 Å². The SMILES string of the molecule is CNC(c1ccccc1)=[N+]1CCN(c2ccc(OC)cc2)CC1. The van der Waals surface area contributed by atoms with E-state index in [-0.39, 0.29) is 0 Å². The zero-order valence-corrected chi connectivity index (χ0v) is 13.8. The van der Waals surface area contributed by atoms with Crippen LogP contribution in [0.1, 0.15) is 5.56 Å². The van der Waals surface area contributed by atoms with Crippen LogP contribution in [-0.4, -0.2) is 50.7 Å². The molecule has 1 aliphatic rings. The third kappa shape index (κ3) is 3.47. The number of anilines is 1. The summed E-state index contributed by atoms with van der Waals surface area (Å²) in [5, 5.41) is 3.37. The van der Waals surface area contributed by atoms with Crippen LogP contribution < -0.4 is 15.0 Å². The second kappa shape index (κ2) is 7.18. The van der Waals surface area contributed by atoms with Crippen LogP contribution in [0, 0.1) is 0 Å². The van der Waals surface area contributed by atoms with Gasteiger partial charge in [-0.3, -0.25) is 9.89 Å². The molecule has 120 valence electrons. The Morgan fingerprint density at radius 3 is 2.22 bits per heavy atom. The molecule has 0 saturated carbocycles. The van der Waals surface area contributed by atoms with Crippen LogP contribution in [0.15, 0.2) is 54.6 Å². The van der Waals surface area contributed by atoms with Crippen LogP contribution in [0.2, 0.25) is 0 Å². The smallest absolute Gasteiger partial charge is 0.276 e. The fourth-order valence-corrected chi connectivity index (χ4v) is 3.06. The van der Waals surface area contributed by atoms with Crippen molar-refractivity contribution in [3.63, 3.8) is 0 Å². The molecule has 0 spiro atoms. The molecule has 4 heteroatoms. The molecule has 0 aliphatic carbocycles. The first-order chi connectivity index (χ1) is 11.3. The molecular weight excluding hydrogens is 286 g/mol. The summed E-state index contributed by atoms with van der Waals surface area (Å²) in [6.07, 6.45) is 0. The highest BCUT2D eigenvalue weighted by Gasteiger charge is 2.21. The van der Waals surface area contributed by atoms with Crippen LogP contribution in [-0.2, 0) is 0 Å². The highest BCUT2D eigenvalue weighted by Crippen LogP contribution is 2.20. The third-order valence-corrected chi connectivity index (χ3v) is 4.32. The Hall–Kier alpha value is -2.49. The Morgan fingerprint density at radius 1 is 1.00 bits per heavy atom. The third-order valence-electron chi connectivity index (χ3n) is 4.32. The average Bonchev–Trinajstić information content (AvgIpc) is 2.64. The van der Waals surface area contributed by atoms with E-state index in [2.05, 4.69) is 57.3 Å². The summed E-state index contributed by atoms with van der Waals surface area (Å²) in [7, 11) is 3.70. The second-order valence-electron chi connectivity index (χ2n) is 5.64. The Labute approximate surface area is 138 Å². The maximum absolute atomic E-state index is 5.23. The van der Waals surface area contributed by atoms with Crippen molar-refractivity contribution in [2.45, 2.75) is 0 Å². The normalized spacial score (nSPS) is 14.5. The van der Waals surface area contributed by atoms with E-state index in [0.29, 0.717) is 0 Å². The Morgan fingerprint density at radius 2 is 1.65 bits per heavy atom. The van der Waals surface area contributed by atoms with Gasteiger partial charge >= 0.3 is 0 Å². The summed E-state index contributed by atoms with van der Waals surface area (Å²) < 4.78 is 7.66. The molecular formula is C19H24N3O+. The monoisotopic (exact) mass is 310 g/mol. The molecule has 1 fully saturated rings. The van der Waals surface area contributed by atoms with Crippen LogP contribution in [0.5, 0.6) is 5.75 Å². The molecule has 4 nitrogen and oxygen atoms in total. The highest BCUT2D eigenvalue weighted by atomic mass is 16.5. The van der Waals surface area contributed by atoms with Crippen LogP contribution in [0.25, 0.3) is 0 Å². The molecule has 3 rings (SSSR count). The molecule has 2 aromatic carbocycles. The molecule has 2 aromatic rings. The molecule has 1 heterocycles. The summed E-state index contributed by atoms with van der Waals surface area (Å²) >= 11 is 0. The number of benzene rings is 2. The zero-order chi connectivity index (χ0) is 16.1. The molecule has 0 amide bonds. The molecule has 23 heavy (non-hydrogen) atoms. The van der Waals surface area contributed by atoms with Gasteiger partial charge in [-0.15, -0.1) is 0 Å². The van der Waals surface area contributed by atoms with Crippen molar-refractivity contribution in [3.8, 4) is 5.75 Å². The predicted octanol–water partition coefficient (Wildman–Crippen LogP) is 2.19. The number of nitrogens with zero attached hydrogens (tertiary/aromatic N) is 2. The summed E-state index contributed by atoms with van der Waals surface area (Å²) in [6, 6.07) is 18.8. The lowest BCUT2D eigenvalue weighted by atomic mass is 10.2. The molecule has 0 bridgehead atoms. The van der Waals surface area contributed by atoms with Gasteiger partial charge in [-0.2, -0.15) is 0 Å². The number of piperazine rings is 1. The molecule has 0 unspecified atom stereocenters. The molecule has 0 aromatic heterocycles. The zero-order valence-electron chi connectivity index (χ0n) is 13.8. The summed E-state index contributed by atoms with van der Waals surface area (Å²) in [6.45, 7) is 4.06. The molecule has 1 saturated heterocycles. The summed E-state index contributed by atoms with van der Waals surface area (Å²) in [5.74, 6) is 2.11. The number of rotatable bonds is 3. The van der Waals surface area contributed by atoms with Gasteiger partial charge in [-0.25, -0.2) is 0 Å². The van der Waals surface area contributed by atoms with Gasteiger partial charge in [0.25, 0.3) is 5.84 Å². The lowest BCUT2D eigenvalue weighted by molar-refractivity contribution is -0.530. The van der Waals surface area contributed by atoms with Gasteiger partial charge in [0.2, 0.25) is 0 Å². The first-order valence-electron chi connectivity index (χ1n) is 8.06. The van der Waals surface area contributed by atoms with Crippen molar-refractivity contribution in [2.24, 2.45) is 0 Å². The van der Waals surface area contributed by atoms with Crippen molar-refractivity contribution >= 4 is 11.5 Å². The lowest BCUT2D eigenvalue weighted by Crippen LogP contribution is -2.46. The first kappa shape index (κ1) is 15.4. The van der Waals surface area contributed by atoms with E-state index in [1.54, 1.807) is 7.11 Å². The van der Waals surface area contributed by atoms with Crippen molar-refractivity contribution in [1.82, 2.24) is 5.32 Å². The van der Waals surface area contributed by atoms with E-state index in [1.165, 1.54) is 17.1 Å². The highest BCUT2D eigenvalue weighted by molar-refractivity contribution is 5.94. The average molecular weight is 310 g/mol. The maximum atomic E-state index is 5.23. The van der Waals surface area contributed by atoms with E-state index in [9.17, 15) is 0 Å². The van der Waals surface area contributed by atoms with Crippen LogP contribution >= 0.6 is 0 Å². The van der Waals surface area contributed by atoms with Crippen molar-refractivity contribution < 1.29 is 9.31 Å². The Balaban J connectivity index is 1.72. The fourth-order valence-electron chi connectivity index (χ4n) is 3.06. The van der Waals surface area contributed by atoms with Gasteiger partial charge in [0, 0.05) is 5.69 Å². The van der Waals surface area contributed by atoms with Crippen molar-refractivity contribution in [3.05, 3.63) is 60.2 Å². The van der Waals surface area contributed by atoms with Crippen molar-refractivity contribution in [2.75, 3.05) is 45.2 Å². The molecule has 0 radical (unpaired) electrons. The quantitative estimate of drug-likeness (QED) is 0.696. The van der Waals surface area contributed by atoms with E-state index in [0.717, 1.165) is 31.9 Å². The van der Waals surface area contributed by atoms with Gasteiger partial charge in [0.1, 0.15) is 18.8 Å². The number of methoxy groups -OCH3 is 1. The minimum atomic E-state index is 0.905. The van der Waals surface area contributed by atoms with Crippen molar-refractivity contribution in [1.29, 1.82) is 0 Å². The van der Waals surface area contributed by atoms with Gasteiger partial charge in [-0.1, -0.05) is 18.2 Å². The van der Waals surface area contributed by atoms with Gasteiger partial charge in [0.15, 0.2) is 0 Å². The minimum Gasteiger partial charge on any atom is -0.497 e. The standard InChI is InChI=1S/C19H23N3O/c1-20-19(16-6-4-3-5-7-16)22-14-12-21(13-15-22)17-8-10-18(23-2)11-9-17/h3-11H,12-15H2,1-2H3/p+1. The lowest BCUT2D eigenvalue weighted by Gasteiger charge is -2.30. The van der Waals surface area contributed by atoms with E-state index in [4.69, 9.17) is 4.74 Å². The molecule has 0 atom stereocenters. The number of hydrogen-bond donors (Lipinski definition) is 1. The second-order valence-corrected chi connectivity index (χ2v) is 5.64. The summed E-state index contributed by atoms with van der Waals surface area (Å²) in [5.41, 5.74) is 2.50. The van der Waals surface area contributed by atoms with Crippen LogP contribution in [0.4, 0.5) is 5.69 Å². The first-order valence-corrected chi connectivity index (χ1v) is 8.06.